The molecule has 2 nitrogen and oxygen atoms in total. The SMILES string of the molecule is CCN[C@H](C)c1cc(Cl)c(F)cn1. The number of hydrogen-bond donors (Lipinski definition) is 1. The molecule has 0 bridgehead atoms. The van der Waals surface area contributed by atoms with Crippen LogP contribution in [0, 0.1) is 5.82 Å². The maximum Gasteiger partial charge on any atom is 0.160 e. The molecular weight excluding hydrogens is 191 g/mol. The minimum atomic E-state index is -0.478. The molecule has 0 saturated carbocycles. The Morgan fingerprint density at radius 1 is 1.69 bits per heavy atom. The molecule has 0 aromatic carbocycles. The molecular formula is C9H12ClFN2. The molecule has 0 aliphatic rings. The Hall–Kier alpha value is -0.670. The van der Waals surface area contributed by atoms with Gasteiger partial charge in [-0.05, 0) is 19.5 Å². The third-order valence-corrected chi connectivity index (χ3v) is 2.07. The second-order valence-corrected chi connectivity index (χ2v) is 3.21. The zero-order chi connectivity index (χ0) is 9.84. The van der Waals surface area contributed by atoms with Gasteiger partial charge in [-0.1, -0.05) is 18.5 Å². The van der Waals surface area contributed by atoms with Crippen LogP contribution in [0.2, 0.25) is 5.02 Å². The molecule has 1 atom stereocenters. The van der Waals surface area contributed by atoms with Crippen molar-refractivity contribution in [1.29, 1.82) is 0 Å². The summed E-state index contributed by atoms with van der Waals surface area (Å²) >= 11 is 5.62. The zero-order valence-corrected chi connectivity index (χ0v) is 8.40. The first kappa shape index (κ1) is 10.4. The molecule has 0 aliphatic carbocycles. The van der Waals surface area contributed by atoms with Gasteiger partial charge >= 0.3 is 0 Å². The van der Waals surface area contributed by atoms with Gasteiger partial charge in [0.15, 0.2) is 5.82 Å². The molecule has 1 aromatic heterocycles. The summed E-state index contributed by atoms with van der Waals surface area (Å²) in [5, 5.41) is 3.28. The average molecular weight is 203 g/mol. The van der Waals surface area contributed by atoms with Crippen molar-refractivity contribution in [3.05, 3.63) is 28.8 Å². The third-order valence-electron chi connectivity index (χ3n) is 1.78. The van der Waals surface area contributed by atoms with Crippen LogP contribution in [0.25, 0.3) is 0 Å². The van der Waals surface area contributed by atoms with Crippen LogP contribution in [0.3, 0.4) is 0 Å². The van der Waals surface area contributed by atoms with Crippen LogP contribution in [0.4, 0.5) is 4.39 Å². The fourth-order valence-electron chi connectivity index (χ4n) is 1.08. The lowest BCUT2D eigenvalue weighted by Gasteiger charge is -2.11. The van der Waals surface area contributed by atoms with Crippen molar-refractivity contribution >= 4 is 11.6 Å². The number of nitrogens with one attached hydrogen (secondary N) is 1. The van der Waals surface area contributed by atoms with E-state index in [0.717, 1.165) is 18.4 Å². The van der Waals surface area contributed by atoms with Gasteiger partial charge in [0, 0.05) is 6.04 Å². The van der Waals surface area contributed by atoms with Gasteiger partial charge in [-0.2, -0.15) is 0 Å². The van der Waals surface area contributed by atoms with Gasteiger partial charge in [0.25, 0.3) is 0 Å². The molecule has 1 heterocycles. The van der Waals surface area contributed by atoms with E-state index in [1.807, 2.05) is 13.8 Å². The van der Waals surface area contributed by atoms with Gasteiger partial charge in [-0.15, -0.1) is 0 Å². The Morgan fingerprint density at radius 3 is 2.92 bits per heavy atom. The number of hydrogen-bond acceptors (Lipinski definition) is 2. The number of rotatable bonds is 3. The summed E-state index contributed by atoms with van der Waals surface area (Å²) < 4.78 is 12.7. The summed E-state index contributed by atoms with van der Waals surface area (Å²) in [6.07, 6.45) is 1.14. The largest absolute Gasteiger partial charge is 0.309 e. The minimum Gasteiger partial charge on any atom is -0.309 e. The summed E-state index contributed by atoms with van der Waals surface area (Å²) in [7, 11) is 0. The second kappa shape index (κ2) is 4.53. The Kier molecular flexibility index (Phi) is 3.63. The van der Waals surface area contributed by atoms with Gasteiger partial charge in [0.1, 0.15) is 0 Å². The Balaban J connectivity index is 2.84. The molecule has 72 valence electrons. The third kappa shape index (κ3) is 2.64. The summed E-state index contributed by atoms with van der Waals surface area (Å²) in [6.45, 7) is 4.81. The predicted octanol–water partition coefficient (Wildman–Crippen LogP) is 2.54. The monoisotopic (exact) mass is 202 g/mol. The molecule has 0 radical (unpaired) electrons. The Bertz CT molecular complexity index is 291. The van der Waals surface area contributed by atoms with E-state index in [-0.39, 0.29) is 11.1 Å². The van der Waals surface area contributed by atoms with E-state index in [9.17, 15) is 4.39 Å². The van der Waals surface area contributed by atoms with Crippen LogP contribution >= 0.6 is 11.6 Å². The summed E-state index contributed by atoms with van der Waals surface area (Å²) in [5.41, 5.74) is 0.758. The number of pyridine rings is 1. The molecule has 1 rings (SSSR count). The minimum absolute atomic E-state index is 0.100. The van der Waals surface area contributed by atoms with Crippen molar-refractivity contribution < 1.29 is 4.39 Å². The van der Waals surface area contributed by atoms with Crippen LogP contribution in [-0.4, -0.2) is 11.5 Å². The van der Waals surface area contributed by atoms with Gasteiger partial charge < -0.3 is 5.32 Å². The van der Waals surface area contributed by atoms with Crippen LogP contribution < -0.4 is 5.32 Å². The fourth-order valence-corrected chi connectivity index (χ4v) is 1.24. The van der Waals surface area contributed by atoms with Crippen molar-refractivity contribution in [3.8, 4) is 0 Å². The van der Waals surface area contributed by atoms with E-state index in [1.54, 1.807) is 6.07 Å². The smallest absolute Gasteiger partial charge is 0.160 e. The van der Waals surface area contributed by atoms with E-state index >= 15 is 0 Å². The van der Waals surface area contributed by atoms with E-state index in [1.165, 1.54) is 0 Å². The maximum atomic E-state index is 12.7. The summed E-state index contributed by atoms with van der Waals surface area (Å²) in [5.74, 6) is -0.478. The molecule has 1 N–H and O–H groups in total. The zero-order valence-electron chi connectivity index (χ0n) is 7.64. The molecule has 0 spiro atoms. The average Bonchev–Trinajstić information content (AvgIpc) is 2.10. The first-order chi connectivity index (χ1) is 6.15. The highest BCUT2D eigenvalue weighted by atomic mass is 35.5. The van der Waals surface area contributed by atoms with Crippen LogP contribution in [0.1, 0.15) is 25.6 Å². The maximum absolute atomic E-state index is 12.7. The molecule has 0 amide bonds. The van der Waals surface area contributed by atoms with Crippen LogP contribution in [0.15, 0.2) is 12.3 Å². The van der Waals surface area contributed by atoms with Gasteiger partial charge in [0.05, 0.1) is 16.9 Å². The highest BCUT2D eigenvalue weighted by Gasteiger charge is 2.07. The number of aromatic nitrogens is 1. The van der Waals surface area contributed by atoms with E-state index in [4.69, 9.17) is 11.6 Å². The summed E-state index contributed by atoms with van der Waals surface area (Å²) in [6, 6.07) is 1.65. The lowest BCUT2D eigenvalue weighted by molar-refractivity contribution is 0.573. The van der Waals surface area contributed by atoms with E-state index < -0.39 is 5.82 Å². The topological polar surface area (TPSA) is 24.9 Å². The molecule has 13 heavy (non-hydrogen) atoms. The first-order valence-electron chi connectivity index (χ1n) is 4.19. The lowest BCUT2D eigenvalue weighted by Crippen LogP contribution is -2.18. The van der Waals surface area contributed by atoms with Gasteiger partial charge in [-0.3, -0.25) is 4.98 Å². The molecule has 4 heteroatoms. The highest BCUT2D eigenvalue weighted by Crippen LogP contribution is 2.17. The van der Waals surface area contributed by atoms with Crippen molar-refractivity contribution in [2.75, 3.05) is 6.54 Å². The molecule has 0 saturated heterocycles. The van der Waals surface area contributed by atoms with E-state index in [0.29, 0.717) is 0 Å². The standard InChI is InChI=1S/C9H12ClFN2/c1-3-12-6(2)9-4-7(10)8(11)5-13-9/h4-6,12H,3H2,1-2H3/t6-/m1/s1. The van der Waals surface area contributed by atoms with Crippen molar-refractivity contribution in [2.45, 2.75) is 19.9 Å². The van der Waals surface area contributed by atoms with Crippen molar-refractivity contribution in [2.24, 2.45) is 0 Å². The number of halogens is 2. The Labute approximate surface area is 82.1 Å². The summed E-state index contributed by atoms with van der Waals surface area (Å²) in [4.78, 5) is 3.94. The van der Waals surface area contributed by atoms with E-state index in [2.05, 4.69) is 10.3 Å². The van der Waals surface area contributed by atoms with Crippen molar-refractivity contribution in [3.63, 3.8) is 0 Å². The molecule has 1 aromatic rings. The van der Waals surface area contributed by atoms with Gasteiger partial charge in [-0.25, -0.2) is 4.39 Å². The second-order valence-electron chi connectivity index (χ2n) is 2.80. The first-order valence-corrected chi connectivity index (χ1v) is 4.57. The van der Waals surface area contributed by atoms with Crippen LogP contribution in [-0.2, 0) is 0 Å². The van der Waals surface area contributed by atoms with Crippen LogP contribution in [0.5, 0.6) is 0 Å². The quantitative estimate of drug-likeness (QED) is 0.815. The Morgan fingerprint density at radius 2 is 2.38 bits per heavy atom. The molecule has 0 aliphatic heterocycles. The highest BCUT2D eigenvalue weighted by molar-refractivity contribution is 6.30. The molecule has 0 unspecified atom stereocenters. The lowest BCUT2D eigenvalue weighted by atomic mass is 10.2. The van der Waals surface area contributed by atoms with Crippen molar-refractivity contribution in [1.82, 2.24) is 10.3 Å². The fraction of sp³-hybridized carbons (Fsp3) is 0.444. The molecule has 0 fully saturated rings. The predicted molar refractivity (Wildman–Crippen MR) is 51.3 cm³/mol. The van der Waals surface area contributed by atoms with Gasteiger partial charge in [0.2, 0.25) is 0 Å². The normalized spacial score (nSPS) is 12.9. The number of nitrogens with zero attached hydrogens (tertiary/aromatic N) is 1.